The number of piperidine rings is 1. The highest BCUT2D eigenvalue weighted by atomic mass is 32.2. The van der Waals surface area contributed by atoms with Crippen LogP contribution < -0.4 is 5.32 Å². The van der Waals surface area contributed by atoms with Crippen LogP contribution in [0.4, 0.5) is 10.5 Å². The van der Waals surface area contributed by atoms with E-state index >= 15 is 0 Å². The second-order valence-electron chi connectivity index (χ2n) is 6.92. The molecule has 0 atom stereocenters. The van der Waals surface area contributed by atoms with Crippen molar-refractivity contribution in [2.75, 3.05) is 31.6 Å². The van der Waals surface area contributed by atoms with Crippen molar-refractivity contribution in [3.05, 3.63) is 29.8 Å². The molecule has 1 aromatic rings. The molecular formula is C19H28N2O2S. The first-order valence-electron chi connectivity index (χ1n) is 9.05. The van der Waals surface area contributed by atoms with E-state index in [0.29, 0.717) is 5.25 Å². The van der Waals surface area contributed by atoms with Crippen LogP contribution in [-0.2, 0) is 10.5 Å². The number of carbonyl (C=O) groups excluding carboxylic acids is 1. The molecule has 1 aromatic carbocycles. The number of urea groups is 1. The molecule has 0 saturated carbocycles. The van der Waals surface area contributed by atoms with Crippen LogP contribution >= 0.6 is 11.8 Å². The minimum absolute atomic E-state index is 0.0381. The minimum Gasteiger partial charge on any atom is -0.381 e. The second-order valence-corrected chi connectivity index (χ2v) is 8.21. The highest BCUT2D eigenvalue weighted by Crippen LogP contribution is 2.26. The molecule has 2 fully saturated rings. The molecule has 132 valence electrons. The lowest BCUT2D eigenvalue weighted by atomic mass is 10.00. The van der Waals surface area contributed by atoms with Gasteiger partial charge in [-0.05, 0) is 49.3 Å². The molecule has 0 aromatic heterocycles. The molecule has 2 heterocycles. The van der Waals surface area contributed by atoms with Gasteiger partial charge in [-0.2, -0.15) is 11.8 Å². The van der Waals surface area contributed by atoms with Gasteiger partial charge in [-0.3, -0.25) is 0 Å². The van der Waals surface area contributed by atoms with Gasteiger partial charge >= 0.3 is 6.03 Å². The van der Waals surface area contributed by atoms with Gasteiger partial charge in [0.2, 0.25) is 0 Å². The Bertz CT molecular complexity index is 538. The standard InChI is InChI=1S/C19H28N2O2S/c1-15-5-9-21(10-6-15)19(22)20-17-4-2-3-16(13-17)14-24-18-7-11-23-12-8-18/h2-4,13,15,18H,5-12,14H2,1H3,(H,20,22). The summed E-state index contributed by atoms with van der Waals surface area (Å²) in [5.41, 5.74) is 2.18. The van der Waals surface area contributed by atoms with Gasteiger partial charge in [0.05, 0.1) is 0 Å². The number of nitrogens with one attached hydrogen (secondary N) is 1. The molecule has 2 aliphatic rings. The molecule has 0 radical (unpaired) electrons. The second kappa shape index (κ2) is 8.77. The van der Waals surface area contributed by atoms with E-state index in [1.165, 1.54) is 5.56 Å². The van der Waals surface area contributed by atoms with Crippen molar-refractivity contribution < 1.29 is 9.53 Å². The van der Waals surface area contributed by atoms with Gasteiger partial charge in [-0.25, -0.2) is 4.79 Å². The number of ether oxygens (including phenoxy) is 1. The molecule has 0 aliphatic carbocycles. The Morgan fingerprint density at radius 3 is 2.75 bits per heavy atom. The summed E-state index contributed by atoms with van der Waals surface area (Å²) in [6.07, 6.45) is 4.51. The number of benzene rings is 1. The maximum Gasteiger partial charge on any atom is 0.321 e. The molecule has 1 N–H and O–H groups in total. The van der Waals surface area contributed by atoms with E-state index in [1.807, 2.05) is 28.8 Å². The van der Waals surface area contributed by atoms with Crippen LogP contribution in [0, 0.1) is 5.92 Å². The number of hydrogen-bond donors (Lipinski definition) is 1. The summed E-state index contributed by atoms with van der Waals surface area (Å²) in [4.78, 5) is 14.3. The average molecular weight is 349 g/mol. The van der Waals surface area contributed by atoms with Gasteiger partial charge in [0.15, 0.2) is 0 Å². The van der Waals surface area contributed by atoms with E-state index in [-0.39, 0.29) is 6.03 Å². The van der Waals surface area contributed by atoms with Crippen molar-refractivity contribution in [2.24, 2.45) is 5.92 Å². The Morgan fingerprint density at radius 1 is 1.25 bits per heavy atom. The summed E-state index contributed by atoms with van der Waals surface area (Å²) in [6.45, 7) is 5.78. The largest absolute Gasteiger partial charge is 0.381 e. The maximum absolute atomic E-state index is 12.4. The fraction of sp³-hybridized carbons (Fsp3) is 0.632. The van der Waals surface area contributed by atoms with Crippen LogP contribution in [0.2, 0.25) is 0 Å². The topological polar surface area (TPSA) is 41.6 Å². The summed E-state index contributed by atoms with van der Waals surface area (Å²) in [5.74, 6) is 1.73. The maximum atomic E-state index is 12.4. The third-order valence-corrected chi connectivity index (χ3v) is 6.35. The van der Waals surface area contributed by atoms with Crippen LogP contribution in [-0.4, -0.2) is 42.5 Å². The van der Waals surface area contributed by atoms with E-state index < -0.39 is 0 Å². The molecule has 24 heavy (non-hydrogen) atoms. The van der Waals surface area contributed by atoms with E-state index in [0.717, 1.165) is 69.3 Å². The first-order valence-corrected chi connectivity index (χ1v) is 10.1. The molecule has 0 bridgehead atoms. The lowest BCUT2D eigenvalue weighted by Crippen LogP contribution is -2.40. The van der Waals surface area contributed by atoms with Crippen molar-refractivity contribution >= 4 is 23.5 Å². The predicted molar refractivity (Wildman–Crippen MR) is 101 cm³/mol. The Balaban J connectivity index is 1.50. The van der Waals surface area contributed by atoms with Gasteiger partial charge in [0.1, 0.15) is 0 Å². The Morgan fingerprint density at radius 2 is 2.00 bits per heavy atom. The SMILES string of the molecule is CC1CCN(C(=O)Nc2cccc(CSC3CCOCC3)c2)CC1. The van der Waals surface area contributed by atoms with E-state index in [1.54, 1.807) is 0 Å². The first kappa shape index (κ1) is 17.6. The van der Waals surface area contributed by atoms with Crippen LogP contribution in [0.5, 0.6) is 0 Å². The highest BCUT2D eigenvalue weighted by Gasteiger charge is 2.20. The average Bonchev–Trinajstić information content (AvgIpc) is 2.62. The van der Waals surface area contributed by atoms with E-state index in [9.17, 15) is 4.79 Å². The zero-order chi connectivity index (χ0) is 16.8. The van der Waals surface area contributed by atoms with Gasteiger partial charge in [-0.1, -0.05) is 19.1 Å². The Labute approximate surface area is 149 Å². The van der Waals surface area contributed by atoms with Gasteiger partial charge < -0.3 is 15.0 Å². The van der Waals surface area contributed by atoms with Gasteiger partial charge in [-0.15, -0.1) is 0 Å². The van der Waals surface area contributed by atoms with Crippen molar-refractivity contribution in [3.63, 3.8) is 0 Å². The lowest BCUT2D eigenvalue weighted by Gasteiger charge is -2.30. The molecule has 2 amide bonds. The number of anilines is 1. The predicted octanol–water partition coefficient (Wildman–Crippen LogP) is 4.36. The fourth-order valence-electron chi connectivity index (χ4n) is 3.21. The summed E-state index contributed by atoms with van der Waals surface area (Å²) in [6, 6.07) is 8.30. The Hall–Kier alpha value is -1.20. The van der Waals surface area contributed by atoms with Gasteiger partial charge in [0.25, 0.3) is 0 Å². The number of nitrogens with zero attached hydrogens (tertiary/aromatic N) is 1. The normalized spacial score (nSPS) is 20.1. The molecule has 0 spiro atoms. The third-order valence-electron chi connectivity index (χ3n) is 4.90. The number of likely N-dealkylation sites (tertiary alicyclic amines) is 1. The lowest BCUT2D eigenvalue weighted by molar-refractivity contribution is 0.1000. The number of thioether (sulfide) groups is 1. The molecule has 2 aliphatic heterocycles. The number of amides is 2. The number of carbonyl (C=O) groups is 1. The molecule has 4 nitrogen and oxygen atoms in total. The smallest absolute Gasteiger partial charge is 0.321 e. The molecule has 3 rings (SSSR count). The van der Waals surface area contributed by atoms with Gasteiger partial charge in [0, 0.05) is 43.0 Å². The first-order chi connectivity index (χ1) is 11.7. The fourth-order valence-corrected chi connectivity index (χ4v) is 4.34. The van der Waals surface area contributed by atoms with Crippen molar-refractivity contribution in [3.8, 4) is 0 Å². The minimum atomic E-state index is 0.0381. The monoisotopic (exact) mass is 348 g/mol. The van der Waals surface area contributed by atoms with Crippen LogP contribution in [0.25, 0.3) is 0 Å². The number of rotatable bonds is 4. The van der Waals surface area contributed by atoms with Crippen LogP contribution in [0.1, 0.15) is 38.2 Å². The zero-order valence-corrected chi connectivity index (χ0v) is 15.3. The van der Waals surface area contributed by atoms with Crippen LogP contribution in [0.3, 0.4) is 0 Å². The summed E-state index contributed by atoms with van der Waals surface area (Å²) < 4.78 is 5.41. The van der Waals surface area contributed by atoms with Crippen LogP contribution in [0.15, 0.2) is 24.3 Å². The van der Waals surface area contributed by atoms with E-state index in [2.05, 4.69) is 24.4 Å². The molecule has 5 heteroatoms. The molecule has 0 unspecified atom stereocenters. The summed E-state index contributed by atoms with van der Waals surface area (Å²) >= 11 is 2.00. The zero-order valence-electron chi connectivity index (χ0n) is 14.5. The third kappa shape index (κ3) is 5.15. The molecule has 2 saturated heterocycles. The summed E-state index contributed by atoms with van der Waals surface area (Å²) in [7, 11) is 0. The Kier molecular flexibility index (Phi) is 6.44. The quantitative estimate of drug-likeness (QED) is 0.879. The van der Waals surface area contributed by atoms with E-state index in [4.69, 9.17) is 4.74 Å². The molecular weight excluding hydrogens is 320 g/mol. The summed E-state index contributed by atoms with van der Waals surface area (Å²) in [5, 5.41) is 3.76. The van der Waals surface area contributed by atoms with Crippen molar-refractivity contribution in [1.82, 2.24) is 4.90 Å². The highest BCUT2D eigenvalue weighted by molar-refractivity contribution is 7.99. The number of hydrogen-bond acceptors (Lipinski definition) is 3. The van der Waals surface area contributed by atoms with Crippen molar-refractivity contribution in [2.45, 2.75) is 43.6 Å². The van der Waals surface area contributed by atoms with Crippen molar-refractivity contribution in [1.29, 1.82) is 0 Å².